The van der Waals surface area contributed by atoms with Crippen molar-refractivity contribution in [3.8, 4) is 5.75 Å². The Morgan fingerprint density at radius 2 is 1.88 bits per heavy atom. The van der Waals surface area contributed by atoms with Crippen molar-refractivity contribution in [3.05, 3.63) is 34.4 Å². The molecule has 1 aliphatic rings. The summed E-state index contributed by atoms with van der Waals surface area (Å²) in [6, 6.07) is 3.37. The number of rotatable bonds is 10. The number of benzene rings is 1. The van der Waals surface area contributed by atoms with E-state index in [1.54, 1.807) is 12.1 Å². The van der Waals surface area contributed by atoms with Crippen LogP contribution < -0.4 is 49.1 Å². The van der Waals surface area contributed by atoms with Crippen molar-refractivity contribution in [3.63, 3.8) is 0 Å². The van der Waals surface area contributed by atoms with E-state index in [2.05, 4.69) is 25.9 Å². The number of carboxylic acids is 1. The summed E-state index contributed by atoms with van der Waals surface area (Å²) in [5, 5.41) is 18.2. The van der Waals surface area contributed by atoms with Crippen molar-refractivity contribution in [2.24, 2.45) is 0 Å². The zero-order valence-electron chi connectivity index (χ0n) is 22.7. The number of carbonyl (C=O) groups is 3. The van der Waals surface area contributed by atoms with E-state index in [0.29, 0.717) is 18.6 Å². The maximum Gasteiger partial charge on any atom is 0.341 e. The van der Waals surface area contributed by atoms with Crippen molar-refractivity contribution in [2.75, 3.05) is 31.2 Å². The number of aromatic nitrogens is 4. The molecular formula is C25H33Cl2N9O5. The summed E-state index contributed by atoms with van der Waals surface area (Å²) in [7, 11) is 0. The number of nitrogens with two attached hydrogens (primary N) is 2. The average molecular weight is 611 g/mol. The second-order valence-electron chi connectivity index (χ2n) is 9.24. The van der Waals surface area contributed by atoms with Crippen molar-refractivity contribution in [1.82, 2.24) is 30.5 Å². The molecule has 2 amide bonds. The number of aliphatic carboxylic acids is 1. The van der Waals surface area contributed by atoms with Gasteiger partial charge in [-0.3, -0.25) is 9.59 Å². The first kappa shape index (κ1) is 31.6. The number of amides is 2. The van der Waals surface area contributed by atoms with Gasteiger partial charge in [0.25, 0.3) is 17.6 Å². The summed E-state index contributed by atoms with van der Waals surface area (Å²) >= 11 is 5.93. The molecule has 0 radical (unpaired) electrons. The first-order valence-corrected chi connectivity index (χ1v) is 13.3. The smallest absolute Gasteiger partial charge is 0.341 e. The molecule has 0 unspecified atom stereocenters. The lowest BCUT2D eigenvalue weighted by Crippen LogP contribution is -3.00. The number of carboxylic acid groups (broad SMARTS) is 1. The Hall–Kier alpha value is -3.88. The molecule has 0 bridgehead atoms. The number of halogens is 2. The van der Waals surface area contributed by atoms with Gasteiger partial charge in [-0.25, -0.2) is 23.9 Å². The first-order valence-electron chi connectivity index (χ1n) is 13.0. The second kappa shape index (κ2) is 13.7. The van der Waals surface area contributed by atoms with E-state index >= 15 is 0 Å². The zero-order valence-corrected chi connectivity index (χ0v) is 24.2. The van der Waals surface area contributed by atoms with Gasteiger partial charge < -0.3 is 49.7 Å². The van der Waals surface area contributed by atoms with E-state index in [1.807, 2.05) is 23.0 Å². The SMILES string of the molecule is CCn1c(CNC(=O)c2nc(Cl)c(N)nc2N)[n+](CC)c2cc(OCC(=O)O)c(C(=O)NC3CCNCC3)cc21.[Cl-]. The van der Waals surface area contributed by atoms with Gasteiger partial charge in [0.05, 0.1) is 18.7 Å². The fourth-order valence-electron chi connectivity index (χ4n) is 4.83. The Bertz CT molecular complexity index is 1460. The summed E-state index contributed by atoms with van der Waals surface area (Å²) in [6.45, 7) is 6.00. The number of fused-ring (bicyclic) bond motifs is 1. The second-order valence-corrected chi connectivity index (χ2v) is 9.60. The Balaban J connectivity index is 0.00000462. The van der Waals surface area contributed by atoms with Crippen LogP contribution in [0.4, 0.5) is 11.6 Å². The molecule has 1 aliphatic heterocycles. The molecule has 0 atom stereocenters. The lowest BCUT2D eigenvalue weighted by molar-refractivity contribution is -0.676. The number of nitrogens with zero attached hydrogens (tertiary/aromatic N) is 4. The molecule has 3 aromatic rings. The lowest BCUT2D eigenvalue weighted by atomic mass is 10.1. The van der Waals surface area contributed by atoms with E-state index in [4.69, 9.17) is 27.8 Å². The highest BCUT2D eigenvalue weighted by molar-refractivity contribution is 6.31. The Morgan fingerprint density at radius 1 is 1.17 bits per heavy atom. The largest absolute Gasteiger partial charge is 1.00 e. The number of hydrogen-bond acceptors (Lipinski definition) is 9. The van der Waals surface area contributed by atoms with Crippen LogP contribution in [-0.2, 0) is 24.4 Å². The maximum atomic E-state index is 13.4. The molecule has 0 aliphatic carbocycles. The highest BCUT2D eigenvalue weighted by Gasteiger charge is 2.29. The number of hydrogen-bond donors (Lipinski definition) is 6. The predicted octanol–water partition coefficient (Wildman–Crippen LogP) is -2.54. The average Bonchev–Trinajstić information content (AvgIpc) is 3.23. The van der Waals surface area contributed by atoms with Crippen molar-refractivity contribution in [1.29, 1.82) is 0 Å². The third kappa shape index (κ3) is 6.89. The van der Waals surface area contributed by atoms with Gasteiger partial charge >= 0.3 is 5.97 Å². The highest BCUT2D eigenvalue weighted by atomic mass is 35.5. The molecule has 2 aromatic heterocycles. The minimum Gasteiger partial charge on any atom is -1.00 e. The molecule has 14 nitrogen and oxygen atoms in total. The normalized spacial score (nSPS) is 13.4. The van der Waals surface area contributed by atoms with E-state index in [0.717, 1.165) is 37.3 Å². The Kier molecular flexibility index (Phi) is 10.5. The lowest BCUT2D eigenvalue weighted by Gasteiger charge is -2.24. The number of carbonyl (C=O) groups excluding carboxylic acids is 2. The van der Waals surface area contributed by atoms with Crippen LogP contribution in [0.25, 0.3) is 11.0 Å². The van der Waals surface area contributed by atoms with Crippen LogP contribution in [0.2, 0.25) is 5.15 Å². The first-order chi connectivity index (χ1) is 19.1. The Labute approximate surface area is 247 Å². The zero-order chi connectivity index (χ0) is 29.0. The molecule has 1 fully saturated rings. The molecule has 8 N–H and O–H groups in total. The minimum atomic E-state index is -1.16. The van der Waals surface area contributed by atoms with E-state index in [-0.39, 0.29) is 64.7 Å². The molecule has 222 valence electrons. The van der Waals surface area contributed by atoms with Crippen LogP contribution >= 0.6 is 11.6 Å². The molecule has 4 rings (SSSR count). The fourth-order valence-corrected chi connectivity index (χ4v) is 4.95. The number of anilines is 2. The molecule has 16 heteroatoms. The summed E-state index contributed by atoms with van der Waals surface area (Å²) in [4.78, 5) is 45.3. The number of nitrogens with one attached hydrogen (secondary N) is 3. The molecule has 41 heavy (non-hydrogen) atoms. The van der Waals surface area contributed by atoms with Crippen molar-refractivity contribution < 1.29 is 41.2 Å². The number of piperidine rings is 1. The summed E-state index contributed by atoms with van der Waals surface area (Å²) in [5.41, 5.74) is 13.0. The quantitative estimate of drug-likeness (QED) is 0.133. The van der Waals surface area contributed by atoms with Crippen LogP contribution in [0.1, 0.15) is 53.4 Å². The van der Waals surface area contributed by atoms with E-state index in [9.17, 15) is 19.5 Å². The van der Waals surface area contributed by atoms with Gasteiger partial charge in [-0.05, 0) is 39.8 Å². The van der Waals surface area contributed by atoms with Gasteiger partial charge in [-0.15, -0.1) is 0 Å². The third-order valence-electron chi connectivity index (χ3n) is 6.71. The van der Waals surface area contributed by atoms with Gasteiger partial charge in [0.15, 0.2) is 40.1 Å². The van der Waals surface area contributed by atoms with Gasteiger partial charge in [-0.1, -0.05) is 11.6 Å². The highest BCUT2D eigenvalue weighted by Crippen LogP contribution is 2.27. The predicted molar refractivity (Wildman–Crippen MR) is 147 cm³/mol. The molecule has 3 heterocycles. The molecule has 0 spiro atoms. The Morgan fingerprint density at radius 3 is 2.51 bits per heavy atom. The number of ether oxygens (including phenoxy) is 1. The van der Waals surface area contributed by atoms with Crippen LogP contribution in [0, 0.1) is 0 Å². The third-order valence-corrected chi connectivity index (χ3v) is 6.99. The van der Waals surface area contributed by atoms with Crippen LogP contribution in [0.3, 0.4) is 0 Å². The number of aryl methyl sites for hydroxylation is 2. The van der Waals surface area contributed by atoms with Gasteiger partial charge in [0.1, 0.15) is 12.3 Å². The topological polar surface area (TPSA) is 203 Å². The van der Waals surface area contributed by atoms with Gasteiger partial charge in [0.2, 0.25) is 0 Å². The van der Waals surface area contributed by atoms with Crippen LogP contribution in [0.5, 0.6) is 5.75 Å². The van der Waals surface area contributed by atoms with Gasteiger partial charge in [0, 0.05) is 18.2 Å². The molecular weight excluding hydrogens is 577 g/mol. The molecule has 0 saturated carbocycles. The van der Waals surface area contributed by atoms with E-state index < -0.39 is 18.5 Å². The van der Waals surface area contributed by atoms with Crippen LogP contribution in [-0.4, -0.2) is 63.2 Å². The van der Waals surface area contributed by atoms with E-state index in [1.165, 1.54) is 0 Å². The van der Waals surface area contributed by atoms with Gasteiger partial charge in [-0.2, -0.15) is 0 Å². The molecule has 1 aromatic carbocycles. The minimum absolute atomic E-state index is 0. The summed E-state index contributed by atoms with van der Waals surface area (Å²) < 4.78 is 9.49. The van der Waals surface area contributed by atoms with Crippen molar-refractivity contribution >= 4 is 52.1 Å². The summed E-state index contributed by atoms with van der Waals surface area (Å²) in [6.07, 6.45) is 1.58. The summed E-state index contributed by atoms with van der Waals surface area (Å²) in [5.74, 6) is -1.43. The van der Waals surface area contributed by atoms with Crippen LogP contribution in [0.15, 0.2) is 12.1 Å². The number of nitrogen functional groups attached to an aromatic ring is 2. The number of imidazole rings is 1. The fraction of sp³-hybridized carbons (Fsp3) is 0.440. The monoisotopic (exact) mass is 609 g/mol. The van der Waals surface area contributed by atoms with Crippen molar-refractivity contribution in [2.45, 2.75) is 52.4 Å². The maximum absolute atomic E-state index is 13.4. The standard InChI is InChI=1S/C25H32ClN9O5.ClH/c1-3-34-15-9-14(24(38)31-13-5-7-29-8-6-13)17(40-12-19(36)37)10-16(15)35(4-2)18(34)11-30-25(39)20-22(27)33-23(28)21(26)32-20;/h9-10,13,29H,3-8,11-12H2,1-2H3,(H6-,27,28,30,31,33,36,37,38,39);1H. The molecule has 1 saturated heterocycles.